The molecule has 2 nitrogen and oxygen atoms in total. The van der Waals surface area contributed by atoms with Crippen molar-refractivity contribution in [2.24, 2.45) is 11.7 Å². The number of phenols is 1. The molecule has 1 atom stereocenters. The predicted octanol–water partition coefficient (Wildman–Crippen LogP) is 2.42. The highest BCUT2D eigenvalue weighted by Crippen LogP contribution is 2.41. The summed E-state index contributed by atoms with van der Waals surface area (Å²) in [6, 6.07) is 3.87. The minimum Gasteiger partial charge on any atom is -0.508 e. The lowest BCUT2D eigenvalue weighted by molar-refractivity contribution is 0.469. The van der Waals surface area contributed by atoms with Gasteiger partial charge in [0.2, 0.25) is 0 Å². The molecule has 1 aromatic rings. The first-order chi connectivity index (χ1) is 6.61. The minimum absolute atomic E-state index is 0.161. The first-order valence-corrected chi connectivity index (χ1v) is 5.16. The lowest BCUT2D eigenvalue weighted by Gasteiger charge is -2.16. The van der Waals surface area contributed by atoms with Crippen LogP contribution in [0.1, 0.15) is 35.6 Å². The monoisotopic (exact) mass is 191 g/mol. The molecule has 0 aliphatic heterocycles. The van der Waals surface area contributed by atoms with Gasteiger partial charge in [0.05, 0.1) is 0 Å². The zero-order chi connectivity index (χ0) is 10.3. The Kier molecular flexibility index (Phi) is 2.23. The van der Waals surface area contributed by atoms with Crippen LogP contribution >= 0.6 is 0 Å². The molecule has 0 heterocycles. The Labute approximate surface area is 84.7 Å². The highest BCUT2D eigenvalue weighted by Gasteiger charge is 2.30. The summed E-state index contributed by atoms with van der Waals surface area (Å²) >= 11 is 0. The van der Waals surface area contributed by atoms with Crippen molar-refractivity contribution in [1.82, 2.24) is 0 Å². The van der Waals surface area contributed by atoms with Crippen LogP contribution in [0.4, 0.5) is 0 Å². The second kappa shape index (κ2) is 3.28. The second-order valence-electron chi connectivity index (χ2n) is 4.29. The maximum Gasteiger partial charge on any atom is 0.118 e. The summed E-state index contributed by atoms with van der Waals surface area (Å²) in [6.07, 6.45) is 2.50. The number of hydrogen-bond donors (Lipinski definition) is 2. The molecule has 76 valence electrons. The Morgan fingerprint density at radius 2 is 1.93 bits per heavy atom. The molecule has 0 radical (unpaired) electrons. The number of rotatable bonds is 2. The molecule has 1 aliphatic rings. The third-order valence-corrected chi connectivity index (χ3v) is 3.29. The molecular formula is C12H17NO. The molecule has 3 N–H and O–H groups in total. The van der Waals surface area contributed by atoms with Crippen LogP contribution in [-0.2, 0) is 0 Å². The van der Waals surface area contributed by atoms with Gasteiger partial charge in [-0.1, -0.05) is 6.07 Å². The number of aromatic hydroxyl groups is 1. The Bertz CT molecular complexity index is 356. The number of nitrogens with two attached hydrogens (primary N) is 1. The molecule has 0 bridgehead atoms. The SMILES string of the molecule is Cc1c(O)ccc(C(N)C2CC2)c1C. The van der Waals surface area contributed by atoms with Crippen molar-refractivity contribution in [3.05, 3.63) is 28.8 Å². The van der Waals surface area contributed by atoms with E-state index in [1.165, 1.54) is 18.4 Å². The molecule has 0 amide bonds. The first-order valence-electron chi connectivity index (χ1n) is 5.16. The number of phenolic OH excluding ortho intramolecular Hbond substituents is 1. The highest BCUT2D eigenvalue weighted by atomic mass is 16.3. The fraction of sp³-hybridized carbons (Fsp3) is 0.500. The number of benzene rings is 1. The largest absolute Gasteiger partial charge is 0.508 e. The van der Waals surface area contributed by atoms with E-state index in [0.29, 0.717) is 11.7 Å². The summed E-state index contributed by atoms with van der Waals surface area (Å²) in [5, 5.41) is 9.52. The van der Waals surface area contributed by atoms with Crippen molar-refractivity contribution >= 4 is 0 Å². The molecule has 2 heteroatoms. The van der Waals surface area contributed by atoms with Crippen LogP contribution in [0.5, 0.6) is 5.75 Å². The summed E-state index contributed by atoms with van der Waals surface area (Å²) < 4.78 is 0. The average Bonchev–Trinajstić information content (AvgIpc) is 2.97. The van der Waals surface area contributed by atoms with Crippen LogP contribution in [0.2, 0.25) is 0 Å². The summed E-state index contributed by atoms with van der Waals surface area (Å²) in [7, 11) is 0. The van der Waals surface area contributed by atoms with E-state index in [1.54, 1.807) is 6.07 Å². The summed E-state index contributed by atoms with van der Waals surface area (Å²) in [4.78, 5) is 0. The van der Waals surface area contributed by atoms with Gasteiger partial charge in [-0.25, -0.2) is 0 Å². The van der Waals surface area contributed by atoms with Gasteiger partial charge in [0, 0.05) is 6.04 Å². The van der Waals surface area contributed by atoms with Gasteiger partial charge in [-0.05, 0) is 55.4 Å². The maximum atomic E-state index is 9.52. The molecule has 1 aliphatic carbocycles. The van der Waals surface area contributed by atoms with Gasteiger partial charge in [-0.3, -0.25) is 0 Å². The summed E-state index contributed by atoms with van der Waals surface area (Å²) in [5.41, 5.74) is 9.44. The van der Waals surface area contributed by atoms with Crippen LogP contribution in [0.25, 0.3) is 0 Å². The Morgan fingerprint density at radius 3 is 2.50 bits per heavy atom. The minimum atomic E-state index is 0.161. The van der Waals surface area contributed by atoms with E-state index in [9.17, 15) is 5.11 Å². The summed E-state index contributed by atoms with van der Waals surface area (Å²) in [5.74, 6) is 1.03. The third-order valence-electron chi connectivity index (χ3n) is 3.29. The Balaban J connectivity index is 2.38. The molecule has 1 unspecified atom stereocenters. The Hall–Kier alpha value is -1.02. The van der Waals surface area contributed by atoms with Crippen LogP contribution < -0.4 is 5.73 Å². The van der Waals surface area contributed by atoms with Crippen LogP contribution in [-0.4, -0.2) is 5.11 Å². The predicted molar refractivity (Wildman–Crippen MR) is 57.2 cm³/mol. The molecule has 1 aromatic carbocycles. The molecule has 1 saturated carbocycles. The fourth-order valence-corrected chi connectivity index (χ4v) is 1.90. The van der Waals surface area contributed by atoms with Crippen LogP contribution in [0, 0.1) is 19.8 Å². The van der Waals surface area contributed by atoms with Crippen molar-refractivity contribution in [1.29, 1.82) is 0 Å². The molecule has 2 rings (SSSR count). The van der Waals surface area contributed by atoms with Crippen molar-refractivity contribution in [3.8, 4) is 5.75 Å². The van der Waals surface area contributed by atoms with E-state index < -0.39 is 0 Å². The highest BCUT2D eigenvalue weighted by molar-refractivity contribution is 5.44. The van der Waals surface area contributed by atoms with Gasteiger partial charge in [0.15, 0.2) is 0 Å². The quantitative estimate of drug-likeness (QED) is 0.754. The average molecular weight is 191 g/mol. The van der Waals surface area contributed by atoms with Gasteiger partial charge in [-0.2, -0.15) is 0 Å². The molecule has 0 saturated heterocycles. The third kappa shape index (κ3) is 1.50. The standard InChI is InChI=1S/C12H17NO/c1-7-8(2)11(14)6-5-10(7)12(13)9-3-4-9/h5-6,9,12,14H,3-4,13H2,1-2H3. The van der Waals surface area contributed by atoms with Gasteiger partial charge in [0.1, 0.15) is 5.75 Å². The zero-order valence-corrected chi connectivity index (χ0v) is 8.75. The van der Waals surface area contributed by atoms with Crippen molar-refractivity contribution in [3.63, 3.8) is 0 Å². The fourth-order valence-electron chi connectivity index (χ4n) is 1.90. The van der Waals surface area contributed by atoms with Crippen molar-refractivity contribution in [2.45, 2.75) is 32.7 Å². The zero-order valence-electron chi connectivity index (χ0n) is 8.75. The van der Waals surface area contributed by atoms with E-state index in [0.717, 1.165) is 11.1 Å². The lowest BCUT2D eigenvalue weighted by Crippen LogP contribution is -2.14. The maximum absolute atomic E-state index is 9.52. The van der Waals surface area contributed by atoms with E-state index in [-0.39, 0.29) is 6.04 Å². The second-order valence-corrected chi connectivity index (χ2v) is 4.29. The van der Waals surface area contributed by atoms with E-state index in [2.05, 4.69) is 0 Å². The van der Waals surface area contributed by atoms with Gasteiger partial charge >= 0.3 is 0 Å². The normalized spacial score (nSPS) is 18.2. The van der Waals surface area contributed by atoms with E-state index >= 15 is 0 Å². The van der Waals surface area contributed by atoms with Gasteiger partial charge in [-0.15, -0.1) is 0 Å². The lowest BCUT2D eigenvalue weighted by atomic mass is 9.95. The topological polar surface area (TPSA) is 46.2 Å². The molecule has 1 fully saturated rings. The first kappa shape index (κ1) is 9.53. The molecular weight excluding hydrogens is 174 g/mol. The van der Waals surface area contributed by atoms with Crippen molar-refractivity contribution < 1.29 is 5.11 Å². The van der Waals surface area contributed by atoms with Crippen molar-refractivity contribution in [2.75, 3.05) is 0 Å². The number of hydrogen-bond acceptors (Lipinski definition) is 2. The van der Waals surface area contributed by atoms with Crippen LogP contribution in [0.15, 0.2) is 12.1 Å². The van der Waals surface area contributed by atoms with Gasteiger partial charge in [0.25, 0.3) is 0 Å². The molecule has 14 heavy (non-hydrogen) atoms. The van der Waals surface area contributed by atoms with Crippen LogP contribution in [0.3, 0.4) is 0 Å². The molecule has 0 aromatic heterocycles. The summed E-state index contributed by atoms with van der Waals surface area (Å²) in [6.45, 7) is 3.97. The Morgan fingerprint density at radius 1 is 1.29 bits per heavy atom. The van der Waals surface area contributed by atoms with E-state index in [4.69, 9.17) is 5.73 Å². The van der Waals surface area contributed by atoms with Gasteiger partial charge < -0.3 is 10.8 Å². The smallest absolute Gasteiger partial charge is 0.118 e. The van der Waals surface area contributed by atoms with E-state index in [1.807, 2.05) is 19.9 Å². The molecule has 0 spiro atoms.